The number of nitrogens with zero attached hydrogens (tertiary/aromatic N) is 3. The standard InChI is InChI=1S/C20H16ClN3O/c1-3-5-17-14(2)12-22-20(24-17)18-6-4-7-19(23-18)25-13-15-8-10-16(21)11-9-15/h3-12H,1-2,13H2/b17-5+. The lowest BCUT2D eigenvalue weighted by Gasteiger charge is -2.07. The Hall–Kier alpha value is -2.98. The molecule has 0 saturated heterocycles. The molecule has 2 aromatic heterocycles. The van der Waals surface area contributed by atoms with E-state index in [0.29, 0.717) is 34.4 Å². The molecule has 0 fully saturated rings. The number of aromatic nitrogens is 3. The molecule has 0 aliphatic heterocycles. The molecule has 25 heavy (non-hydrogen) atoms. The topological polar surface area (TPSA) is 47.9 Å². The van der Waals surface area contributed by atoms with E-state index >= 15 is 0 Å². The molecule has 0 unspecified atom stereocenters. The molecule has 0 radical (unpaired) electrons. The second-order valence-electron chi connectivity index (χ2n) is 5.28. The van der Waals surface area contributed by atoms with Gasteiger partial charge in [-0.05, 0) is 29.8 Å². The molecule has 0 bridgehead atoms. The number of hydrogen-bond acceptors (Lipinski definition) is 4. The van der Waals surface area contributed by atoms with Crippen molar-refractivity contribution in [3.05, 3.63) is 82.5 Å². The monoisotopic (exact) mass is 349 g/mol. The fraction of sp³-hybridized carbons (Fsp3) is 0.0500. The minimum absolute atomic E-state index is 0.405. The second-order valence-corrected chi connectivity index (χ2v) is 5.72. The fourth-order valence-electron chi connectivity index (χ4n) is 2.16. The number of allylic oxidation sites excluding steroid dienone is 1. The van der Waals surface area contributed by atoms with Gasteiger partial charge in [-0.15, -0.1) is 0 Å². The summed E-state index contributed by atoms with van der Waals surface area (Å²) in [6, 6.07) is 13.0. The zero-order chi connectivity index (χ0) is 17.6. The molecule has 1 aromatic carbocycles. The predicted molar refractivity (Wildman–Crippen MR) is 100 cm³/mol. The van der Waals surface area contributed by atoms with Crippen LogP contribution < -0.4 is 15.3 Å². The first kappa shape index (κ1) is 16.9. The maximum absolute atomic E-state index is 5.88. The van der Waals surface area contributed by atoms with Gasteiger partial charge in [0.25, 0.3) is 0 Å². The van der Waals surface area contributed by atoms with E-state index < -0.39 is 0 Å². The first-order valence-corrected chi connectivity index (χ1v) is 8.03. The number of benzene rings is 1. The lowest BCUT2D eigenvalue weighted by atomic mass is 10.2. The van der Waals surface area contributed by atoms with Crippen molar-refractivity contribution in [2.75, 3.05) is 0 Å². The van der Waals surface area contributed by atoms with Crippen LogP contribution in [0.15, 0.2) is 61.3 Å². The largest absolute Gasteiger partial charge is 0.473 e. The molecule has 2 heterocycles. The van der Waals surface area contributed by atoms with Gasteiger partial charge in [0.1, 0.15) is 12.3 Å². The number of ether oxygens (including phenoxy) is 1. The van der Waals surface area contributed by atoms with E-state index in [2.05, 4.69) is 28.1 Å². The average Bonchev–Trinajstić information content (AvgIpc) is 2.63. The Balaban J connectivity index is 1.83. The van der Waals surface area contributed by atoms with E-state index in [4.69, 9.17) is 16.3 Å². The van der Waals surface area contributed by atoms with Crippen molar-refractivity contribution in [1.29, 1.82) is 0 Å². The molecule has 0 spiro atoms. The highest BCUT2D eigenvalue weighted by Gasteiger charge is 2.05. The summed E-state index contributed by atoms with van der Waals surface area (Å²) in [5, 5.41) is 2.15. The van der Waals surface area contributed by atoms with Crippen molar-refractivity contribution in [2.45, 2.75) is 6.61 Å². The third-order valence-electron chi connectivity index (χ3n) is 3.43. The molecule has 0 aliphatic rings. The van der Waals surface area contributed by atoms with Crippen LogP contribution in [0.5, 0.6) is 5.88 Å². The van der Waals surface area contributed by atoms with Gasteiger partial charge in [0.05, 0.1) is 5.35 Å². The van der Waals surface area contributed by atoms with Crippen molar-refractivity contribution in [3.8, 4) is 17.4 Å². The van der Waals surface area contributed by atoms with Crippen molar-refractivity contribution in [2.24, 2.45) is 0 Å². The van der Waals surface area contributed by atoms with Crippen molar-refractivity contribution in [3.63, 3.8) is 0 Å². The molecule has 0 aliphatic carbocycles. The Bertz CT molecular complexity index is 1000. The third-order valence-corrected chi connectivity index (χ3v) is 3.68. The third kappa shape index (κ3) is 4.31. The predicted octanol–water partition coefficient (Wildman–Crippen LogP) is 3.15. The Kier molecular flexibility index (Phi) is 5.21. The summed E-state index contributed by atoms with van der Waals surface area (Å²) in [5.74, 6) is 1.02. The molecule has 0 amide bonds. The fourth-order valence-corrected chi connectivity index (χ4v) is 2.28. The Morgan fingerprint density at radius 2 is 1.88 bits per heavy atom. The zero-order valence-electron chi connectivity index (χ0n) is 13.5. The van der Waals surface area contributed by atoms with Gasteiger partial charge in [-0.2, -0.15) is 0 Å². The van der Waals surface area contributed by atoms with Gasteiger partial charge in [0.2, 0.25) is 5.88 Å². The van der Waals surface area contributed by atoms with Crippen molar-refractivity contribution < 1.29 is 4.74 Å². The SMILES string of the molecule is C=C/C=c1/nc(-c2cccc(OCc3ccc(Cl)cc3)n2)ncc1=C. The molecule has 0 N–H and O–H groups in total. The summed E-state index contributed by atoms with van der Waals surface area (Å²) in [4.78, 5) is 13.2. The smallest absolute Gasteiger partial charge is 0.214 e. The maximum Gasteiger partial charge on any atom is 0.214 e. The Morgan fingerprint density at radius 1 is 1.08 bits per heavy atom. The molecule has 3 rings (SSSR count). The average molecular weight is 350 g/mol. The van der Waals surface area contributed by atoms with Gasteiger partial charge in [-0.3, -0.25) is 0 Å². The maximum atomic E-state index is 5.88. The molecule has 0 atom stereocenters. The van der Waals surface area contributed by atoms with Gasteiger partial charge in [-0.1, -0.05) is 49.0 Å². The van der Waals surface area contributed by atoms with Crippen LogP contribution in [0, 0.1) is 0 Å². The lowest BCUT2D eigenvalue weighted by Crippen LogP contribution is -2.28. The van der Waals surface area contributed by atoms with Crippen LogP contribution in [0.3, 0.4) is 0 Å². The van der Waals surface area contributed by atoms with E-state index in [-0.39, 0.29) is 0 Å². The van der Waals surface area contributed by atoms with Crippen LogP contribution >= 0.6 is 11.6 Å². The highest BCUT2D eigenvalue weighted by atomic mass is 35.5. The highest BCUT2D eigenvalue weighted by Crippen LogP contribution is 2.16. The van der Waals surface area contributed by atoms with Crippen LogP contribution in [0.1, 0.15) is 5.56 Å². The van der Waals surface area contributed by atoms with Crippen molar-refractivity contribution in [1.82, 2.24) is 15.0 Å². The minimum atomic E-state index is 0.405. The molecule has 5 heteroatoms. The molecule has 3 aromatic rings. The summed E-state index contributed by atoms with van der Waals surface area (Å²) >= 11 is 5.88. The van der Waals surface area contributed by atoms with E-state index in [1.165, 1.54) is 0 Å². The van der Waals surface area contributed by atoms with Gasteiger partial charge >= 0.3 is 0 Å². The summed E-state index contributed by atoms with van der Waals surface area (Å²) in [5.41, 5.74) is 1.64. The van der Waals surface area contributed by atoms with Gasteiger partial charge in [0, 0.05) is 22.5 Å². The van der Waals surface area contributed by atoms with Gasteiger partial charge in [-0.25, -0.2) is 15.0 Å². The van der Waals surface area contributed by atoms with Crippen LogP contribution in [0.25, 0.3) is 24.2 Å². The molecule has 124 valence electrons. The summed E-state index contributed by atoms with van der Waals surface area (Å²) in [7, 11) is 0. The quantitative estimate of drug-likeness (QED) is 0.710. The van der Waals surface area contributed by atoms with Crippen LogP contribution in [0.2, 0.25) is 5.02 Å². The van der Waals surface area contributed by atoms with E-state index in [9.17, 15) is 0 Å². The van der Waals surface area contributed by atoms with Gasteiger partial charge < -0.3 is 4.74 Å². The highest BCUT2D eigenvalue weighted by molar-refractivity contribution is 6.30. The number of hydrogen-bond donors (Lipinski definition) is 0. The Labute approximate surface area is 150 Å². The summed E-state index contributed by atoms with van der Waals surface area (Å²) in [6.45, 7) is 7.99. The van der Waals surface area contributed by atoms with E-state index in [1.54, 1.807) is 24.4 Å². The molecular formula is C20H16ClN3O. The van der Waals surface area contributed by atoms with E-state index in [1.807, 2.05) is 36.4 Å². The first-order chi connectivity index (χ1) is 12.2. The number of halogens is 1. The first-order valence-electron chi connectivity index (χ1n) is 7.65. The minimum Gasteiger partial charge on any atom is -0.473 e. The summed E-state index contributed by atoms with van der Waals surface area (Å²) < 4.78 is 5.75. The molecular weight excluding hydrogens is 334 g/mol. The summed E-state index contributed by atoms with van der Waals surface area (Å²) in [6.07, 6.45) is 5.12. The van der Waals surface area contributed by atoms with Crippen LogP contribution in [-0.2, 0) is 6.61 Å². The molecule has 4 nitrogen and oxygen atoms in total. The number of pyridine rings is 1. The second kappa shape index (κ2) is 7.73. The van der Waals surface area contributed by atoms with E-state index in [0.717, 1.165) is 10.8 Å². The lowest BCUT2D eigenvalue weighted by molar-refractivity contribution is 0.294. The van der Waals surface area contributed by atoms with Gasteiger partial charge in [0.15, 0.2) is 5.82 Å². The van der Waals surface area contributed by atoms with Crippen molar-refractivity contribution >= 4 is 24.3 Å². The Morgan fingerprint density at radius 3 is 2.64 bits per heavy atom. The normalized spacial score (nSPS) is 11.3. The number of rotatable bonds is 5. The van der Waals surface area contributed by atoms with Crippen LogP contribution in [-0.4, -0.2) is 15.0 Å². The zero-order valence-corrected chi connectivity index (χ0v) is 14.3. The molecule has 0 saturated carbocycles. The van der Waals surface area contributed by atoms with Crippen LogP contribution in [0.4, 0.5) is 0 Å².